The topological polar surface area (TPSA) is 71.4 Å². The van der Waals surface area contributed by atoms with Gasteiger partial charge < -0.3 is 14.8 Å². The number of hydrogen-bond acceptors (Lipinski definition) is 4. The lowest BCUT2D eigenvalue weighted by Crippen LogP contribution is -2.14. The number of nitriles is 1. The summed E-state index contributed by atoms with van der Waals surface area (Å²) in [6, 6.07) is 19.9. The molecule has 0 aliphatic carbocycles. The van der Waals surface area contributed by atoms with Gasteiger partial charge in [-0.15, -0.1) is 0 Å². The Morgan fingerprint density at radius 3 is 2.55 bits per heavy atom. The number of amides is 1. The fraction of sp³-hybridized carbons (Fsp3) is 0.154. The number of anilines is 1. The number of benzene rings is 3. The Kier molecular flexibility index (Phi) is 8.37. The molecule has 0 heterocycles. The van der Waals surface area contributed by atoms with Crippen LogP contribution in [0.4, 0.5) is 5.69 Å². The molecule has 0 fully saturated rings. The second-order valence-electron chi connectivity index (χ2n) is 7.08. The van der Waals surface area contributed by atoms with Gasteiger partial charge in [-0.2, -0.15) is 5.26 Å². The van der Waals surface area contributed by atoms with Crippen LogP contribution in [0.25, 0.3) is 6.08 Å². The second-order valence-corrected chi connectivity index (χ2v) is 7.90. The van der Waals surface area contributed by atoms with E-state index in [1.807, 2.05) is 43.3 Å². The molecule has 1 N–H and O–H groups in total. The number of rotatable bonds is 8. The fourth-order valence-corrected chi connectivity index (χ4v) is 3.46. The van der Waals surface area contributed by atoms with Crippen molar-refractivity contribution in [3.8, 4) is 17.6 Å². The van der Waals surface area contributed by atoms with Crippen LogP contribution >= 0.6 is 23.2 Å². The normalized spacial score (nSPS) is 10.9. The maximum atomic E-state index is 12.7. The minimum absolute atomic E-state index is 0.0209. The average molecular weight is 481 g/mol. The molecular formula is C26H22Cl2N2O3. The number of aryl methyl sites for hydroxylation is 1. The Labute approximate surface area is 203 Å². The van der Waals surface area contributed by atoms with Crippen molar-refractivity contribution in [2.45, 2.75) is 20.0 Å². The summed E-state index contributed by atoms with van der Waals surface area (Å²) in [6.45, 7) is 2.27. The van der Waals surface area contributed by atoms with E-state index in [0.29, 0.717) is 32.8 Å². The zero-order valence-electron chi connectivity index (χ0n) is 18.2. The summed E-state index contributed by atoms with van der Waals surface area (Å²) in [7, 11) is 1.52. The van der Waals surface area contributed by atoms with Gasteiger partial charge in [0.1, 0.15) is 18.2 Å². The minimum Gasteiger partial charge on any atom is -0.493 e. The van der Waals surface area contributed by atoms with Crippen molar-refractivity contribution < 1.29 is 14.3 Å². The first-order valence-corrected chi connectivity index (χ1v) is 11.0. The highest BCUT2D eigenvalue weighted by atomic mass is 35.5. The number of halogens is 2. The summed E-state index contributed by atoms with van der Waals surface area (Å²) in [5.74, 6) is 0.510. The second kappa shape index (κ2) is 11.4. The molecule has 1 amide bonds. The number of nitrogens with zero attached hydrogens (tertiary/aromatic N) is 1. The van der Waals surface area contributed by atoms with E-state index in [1.165, 1.54) is 13.2 Å². The first-order valence-electron chi connectivity index (χ1n) is 10.2. The van der Waals surface area contributed by atoms with Gasteiger partial charge in [-0.25, -0.2) is 0 Å². The first kappa shape index (κ1) is 24.2. The zero-order chi connectivity index (χ0) is 23.8. The minimum atomic E-state index is -0.475. The smallest absolute Gasteiger partial charge is 0.266 e. The first-order chi connectivity index (χ1) is 15.9. The van der Waals surface area contributed by atoms with Crippen molar-refractivity contribution in [3.63, 3.8) is 0 Å². The van der Waals surface area contributed by atoms with Gasteiger partial charge in [0.15, 0.2) is 11.5 Å². The van der Waals surface area contributed by atoms with Crippen molar-refractivity contribution >= 4 is 40.9 Å². The Balaban J connectivity index is 1.77. The van der Waals surface area contributed by atoms with Gasteiger partial charge in [0.25, 0.3) is 5.91 Å². The highest BCUT2D eigenvalue weighted by Gasteiger charge is 2.13. The van der Waals surface area contributed by atoms with Gasteiger partial charge in [0, 0.05) is 5.69 Å². The molecule has 5 nitrogen and oxygen atoms in total. The molecule has 0 aliphatic heterocycles. The number of methoxy groups -OCH3 is 1. The Bertz CT molecular complexity index is 1230. The molecule has 0 bridgehead atoms. The fourth-order valence-electron chi connectivity index (χ4n) is 3.14. The summed E-state index contributed by atoms with van der Waals surface area (Å²) in [6.07, 6.45) is 2.28. The maximum absolute atomic E-state index is 12.7. The summed E-state index contributed by atoms with van der Waals surface area (Å²) in [5, 5.41) is 13.3. The van der Waals surface area contributed by atoms with Crippen LogP contribution in [0.5, 0.6) is 11.5 Å². The third-order valence-corrected chi connectivity index (χ3v) is 5.63. The van der Waals surface area contributed by atoms with E-state index in [0.717, 1.165) is 17.5 Å². The summed E-state index contributed by atoms with van der Waals surface area (Å²) in [4.78, 5) is 12.7. The highest BCUT2D eigenvalue weighted by Crippen LogP contribution is 2.30. The van der Waals surface area contributed by atoms with Crippen LogP contribution in [0.2, 0.25) is 10.0 Å². The van der Waals surface area contributed by atoms with E-state index in [4.69, 9.17) is 32.7 Å². The third kappa shape index (κ3) is 6.29. The number of carbonyl (C=O) groups is 1. The quantitative estimate of drug-likeness (QED) is 0.288. The maximum Gasteiger partial charge on any atom is 0.266 e. The van der Waals surface area contributed by atoms with E-state index in [2.05, 4.69) is 5.32 Å². The van der Waals surface area contributed by atoms with Crippen molar-refractivity contribution in [3.05, 3.63) is 93.0 Å². The predicted octanol–water partition coefficient (Wildman–Crippen LogP) is 6.69. The lowest BCUT2D eigenvalue weighted by Gasteiger charge is -2.12. The lowest BCUT2D eigenvalue weighted by molar-refractivity contribution is -0.112. The van der Waals surface area contributed by atoms with Crippen LogP contribution in [-0.4, -0.2) is 13.0 Å². The Morgan fingerprint density at radius 2 is 1.85 bits per heavy atom. The van der Waals surface area contributed by atoms with Gasteiger partial charge in [-0.3, -0.25) is 4.79 Å². The van der Waals surface area contributed by atoms with Crippen LogP contribution in [0.1, 0.15) is 23.6 Å². The third-order valence-electron chi connectivity index (χ3n) is 4.89. The zero-order valence-corrected chi connectivity index (χ0v) is 19.7. The molecule has 7 heteroatoms. The molecular weight excluding hydrogens is 459 g/mol. The van der Waals surface area contributed by atoms with Gasteiger partial charge in [0.2, 0.25) is 0 Å². The van der Waals surface area contributed by atoms with E-state index >= 15 is 0 Å². The van der Waals surface area contributed by atoms with Crippen molar-refractivity contribution in [1.82, 2.24) is 0 Å². The molecule has 3 aromatic carbocycles. The van der Waals surface area contributed by atoms with E-state index in [9.17, 15) is 10.1 Å². The Morgan fingerprint density at radius 1 is 1.06 bits per heavy atom. The lowest BCUT2D eigenvalue weighted by atomic mass is 10.1. The number of carbonyl (C=O) groups excluding carboxylic acids is 1. The standard InChI is InChI=1S/C26H22Cl2N2O3/c1-3-19-6-4-5-7-23(19)30-26(31)20(15-29)12-17-9-11-24(25(14-17)32-2)33-16-18-8-10-21(27)22(28)13-18/h4-14H,3,16H2,1-2H3,(H,30,31)/b20-12+. The predicted molar refractivity (Wildman–Crippen MR) is 132 cm³/mol. The van der Waals surface area contributed by atoms with E-state index < -0.39 is 5.91 Å². The van der Waals surface area contributed by atoms with Crippen molar-refractivity contribution in [1.29, 1.82) is 5.26 Å². The molecule has 33 heavy (non-hydrogen) atoms. The highest BCUT2D eigenvalue weighted by molar-refractivity contribution is 6.42. The largest absolute Gasteiger partial charge is 0.493 e. The molecule has 0 saturated heterocycles. The molecule has 168 valence electrons. The molecule has 0 spiro atoms. The number of hydrogen-bond donors (Lipinski definition) is 1. The van der Waals surface area contributed by atoms with E-state index in [1.54, 1.807) is 30.3 Å². The van der Waals surface area contributed by atoms with Crippen LogP contribution in [-0.2, 0) is 17.8 Å². The summed E-state index contributed by atoms with van der Waals surface area (Å²) < 4.78 is 11.3. The monoisotopic (exact) mass is 480 g/mol. The molecule has 0 aromatic heterocycles. The summed E-state index contributed by atoms with van der Waals surface area (Å²) in [5.41, 5.74) is 3.14. The molecule has 3 rings (SSSR count). The summed E-state index contributed by atoms with van der Waals surface area (Å²) >= 11 is 12.0. The van der Waals surface area contributed by atoms with E-state index in [-0.39, 0.29) is 12.2 Å². The molecule has 0 unspecified atom stereocenters. The van der Waals surface area contributed by atoms with Gasteiger partial charge in [0.05, 0.1) is 17.2 Å². The van der Waals surface area contributed by atoms with Gasteiger partial charge in [-0.1, -0.05) is 60.5 Å². The molecule has 0 radical (unpaired) electrons. The number of para-hydroxylation sites is 1. The van der Waals surface area contributed by atoms with Crippen molar-refractivity contribution in [2.24, 2.45) is 0 Å². The number of nitrogens with one attached hydrogen (secondary N) is 1. The van der Waals surface area contributed by atoms with Crippen molar-refractivity contribution in [2.75, 3.05) is 12.4 Å². The van der Waals surface area contributed by atoms with Crippen LogP contribution in [0.3, 0.4) is 0 Å². The molecule has 0 aliphatic rings. The number of ether oxygens (including phenoxy) is 2. The molecule has 0 atom stereocenters. The average Bonchev–Trinajstić information content (AvgIpc) is 2.83. The van der Waals surface area contributed by atoms with Gasteiger partial charge in [-0.05, 0) is 59.5 Å². The van der Waals surface area contributed by atoms with Crippen LogP contribution < -0.4 is 14.8 Å². The molecule has 3 aromatic rings. The van der Waals surface area contributed by atoms with Gasteiger partial charge >= 0.3 is 0 Å². The van der Waals surface area contributed by atoms with Crippen LogP contribution in [0.15, 0.2) is 66.2 Å². The van der Waals surface area contributed by atoms with Crippen LogP contribution in [0, 0.1) is 11.3 Å². The SMILES string of the molecule is CCc1ccccc1NC(=O)/C(C#N)=C/c1ccc(OCc2ccc(Cl)c(Cl)c2)c(OC)c1. The Hall–Kier alpha value is -3.46. The molecule has 0 saturated carbocycles.